The van der Waals surface area contributed by atoms with Gasteiger partial charge in [0.2, 0.25) is 0 Å². The summed E-state index contributed by atoms with van der Waals surface area (Å²) in [6.45, 7) is 2.67. The molecule has 20 heavy (non-hydrogen) atoms. The van der Waals surface area contributed by atoms with E-state index < -0.39 is 0 Å². The summed E-state index contributed by atoms with van der Waals surface area (Å²) in [5.74, 6) is 6.39. The summed E-state index contributed by atoms with van der Waals surface area (Å²) in [5.41, 5.74) is 4.33. The van der Waals surface area contributed by atoms with Gasteiger partial charge in [0.15, 0.2) is 0 Å². The van der Waals surface area contributed by atoms with Gasteiger partial charge in [-0.05, 0) is 25.1 Å². The Hall–Kier alpha value is -1.27. The number of methoxy groups -OCH3 is 1. The smallest absolute Gasteiger partial charge is 0.124 e. The number of ether oxygens (including phenoxy) is 1. The van der Waals surface area contributed by atoms with Crippen LogP contribution in [0, 0.1) is 0 Å². The van der Waals surface area contributed by atoms with E-state index in [4.69, 9.17) is 33.8 Å². The van der Waals surface area contributed by atoms with E-state index in [9.17, 15) is 0 Å². The van der Waals surface area contributed by atoms with Gasteiger partial charge in [-0.15, -0.1) is 0 Å². The zero-order chi connectivity index (χ0) is 14.7. The summed E-state index contributed by atoms with van der Waals surface area (Å²) in [4.78, 5) is 0. The maximum Gasteiger partial charge on any atom is 0.124 e. The van der Waals surface area contributed by atoms with E-state index in [1.54, 1.807) is 36.2 Å². The molecule has 0 saturated carbocycles. The van der Waals surface area contributed by atoms with E-state index in [0.29, 0.717) is 22.3 Å². The molecule has 108 valence electrons. The molecule has 1 aromatic carbocycles. The van der Waals surface area contributed by atoms with E-state index >= 15 is 0 Å². The minimum Gasteiger partial charge on any atom is -0.496 e. The minimum absolute atomic E-state index is 0.362. The van der Waals surface area contributed by atoms with Gasteiger partial charge >= 0.3 is 0 Å². The standard InChI is InChI=1S/C13H16Cl2N4O/c1-3-19-13(10(15)7-17-19)12(18-16)9-6-8(14)4-5-11(9)20-2/h4-7,12,18H,3,16H2,1-2H3. The molecule has 5 nitrogen and oxygen atoms in total. The van der Waals surface area contributed by atoms with Crippen LogP contribution in [-0.4, -0.2) is 16.9 Å². The third-order valence-electron chi connectivity index (χ3n) is 3.08. The molecular formula is C13H16Cl2N4O. The summed E-state index contributed by atoms with van der Waals surface area (Å²) in [6, 6.07) is 4.99. The SMILES string of the molecule is CCn1ncc(Cl)c1C(NN)c1cc(Cl)ccc1OC. The molecule has 2 aromatic rings. The van der Waals surface area contributed by atoms with Crippen molar-refractivity contribution in [1.29, 1.82) is 0 Å². The molecule has 1 heterocycles. The third kappa shape index (κ3) is 2.76. The maximum absolute atomic E-state index is 6.23. The quantitative estimate of drug-likeness (QED) is 0.658. The van der Waals surface area contributed by atoms with Crippen LogP contribution in [0.1, 0.15) is 24.2 Å². The Morgan fingerprint density at radius 3 is 2.80 bits per heavy atom. The van der Waals surface area contributed by atoms with Gasteiger partial charge in [-0.3, -0.25) is 10.5 Å². The van der Waals surface area contributed by atoms with Crippen LogP contribution in [0.3, 0.4) is 0 Å². The number of nitrogens with one attached hydrogen (secondary N) is 1. The van der Waals surface area contributed by atoms with Gasteiger partial charge in [0.25, 0.3) is 0 Å². The fourth-order valence-electron chi connectivity index (χ4n) is 2.16. The molecule has 1 atom stereocenters. The zero-order valence-corrected chi connectivity index (χ0v) is 12.7. The molecule has 0 saturated heterocycles. The minimum atomic E-state index is -0.362. The first kappa shape index (κ1) is 15.1. The second-order valence-electron chi connectivity index (χ2n) is 4.18. The number of halogens is 2. The number of nitrogens with zero attached hydrogens (tertiary/aromatic N) is 2. The second kappa shape index (κ2) is 6.45. The van der Waals surface area contributed by atoms with E-state index in [-0.39, 0.29) is 6.04 Å². The van der Waals surface area contributed by atoms with Crippen molar-refractivity contribution >= 4 is 23.2 Å². The Balaban J connectivity index is 2.57. The van der Waals surface area contributed by atoms with Crippen molar-refractivity contribution < 1.29 is 4.74 Å². The van der Waals surface area contributed by atoms with Crippen molar-refractivity contribution in [3.8, 4) is 5.75 Å². The van der Waals surface area contributed by atoms with Crippen molar-refractivity contribution in [1.82, 2.24) is 15.2 Å². The van der Waals surface area contributed by atoms with Crippen LogP contribution in [0.15, 0.2) is 24.4 Å². The molecule has 0 radical (unpaired) electrons. The molecule has 3 N–H and O–H groups in total. The monoisotopic (exact) mass is 314 g/mol. The van der Waals surface area contributed by atoms with Gasteiger partial charge in [-0.2, -0.15) is 5.10 Å². The lowest BCUT2D eigenvalue weighted by atomic mass is 10.0. The normalized spacial score (nSPS) is 12.4. The molecule has 0 aliphatic heterocycles. The van der Waals surface area contributed by atoms with Gasteiger partial charge < -0.3 is 4.74 Å². The molecule has 1 aromatic heterocycles. The number of aromatic nitrogens is 2. The topological polar surface area (TPSA) is 65.1 Å². The van der Waals surface area contributed by atoms with Crippen molar-refractivity contribution in [2.24, 2.45) is 5.84 Å². The van der Waals surface area contributed by atoms with Crippen LogP contribution in [0.25, 0.3) is 0 Å². The van der Waals surface area contributed by atoms with Crippen LogP contribution in [0.2, 0.25) is 10.0 Å². The predicted molar refractivity (Wildman–Crippen MR) is 80.1 cm³/mol. The number of benzene rings is 1. The highest BCUT2D eigenvalue weighted by Gasteiger charge is 2.24. The molecule has 1 unspecified atom stereocenters. The highest BCUT2D eigenvalue weighted by molar-refractivity contribution is 6.31. The van der Waals surface area contributed by atoms with E-state index in [1.165, 1.54) is 0 Å². The average Bonchev–Trinajstić information content (AvgIpc) is 2.82. The average molecular weight is 315 g/mol. The van der Waals surface area contributed by atoms with E-state index in [2.05, 4.69) is 10.5 Å². The Kier molecular flexibility index (Phi) is 4.88. The van der Waals surface area contributed by atoms with Crippen LogP contribution in [0.5, 0.6) is 5.75 Å². The summed E-state index contributed by atoms with van der Waals surface area (Å²) in [7, 11) is 1.60. The first-order valence-electron chi connectivity index (χ1n) is 6.13. The number of hydrazine groups is 1. The first-order chi connectivity index (χ1) is 9.62. The van der Waals surface area contributed by atoms with Crippen molar-refractivity contribution in [2.45, 2.75) is 19.5 Å². The lowest BCUT2D eigenvalue weighted by molar-refractivity contribution is 0.402. The summed E-state index contributed by atoms with van der Waals surface area (Å²) >= 11 is 12.3. The largest absolute Gasteiger partial charge is 0.496 e. The molecule has 0 aliphatic carbocycles. The highest BCUT2D eigenvalue weighted by atomic mass is 35.5. The zero-order valence-electron chi connectivity index (χ0n) is 11.2. The van der Waals surface area contributed by atoms with Crippen LogP contribution < -0.4 is 16.0 Å². The Morgan fingerprint density at radius 1 is 1.45 bits per heavy atom. The van der Waals surface area contributed by atoms with Crippen LogP contribution >= 0.6 is 23.2 Å². The third-order valence-corrected chi connectivity index (χ3v) is 3.60. The number of aryl methyl sites for hydroxylation is 1. The summed E-state index contributed by atoms with van der Waals surface area (Å²) < 4.78 is 7.15. The lowest BCUT2D eigenvalue weighted by Gasteiger charge is -2.21. The van der Waals surface area contributed by atoms with Gasteiger partial charge in [0.05, 0.1) is 30.1 Å². The van der Waals surface area contributed by atoms with E-state index in [0.717, 1.165) is 11.3 Å². The van der Waals surface area contributed by atoms with Crippen molar-refractivity contribution in [2.75, 3.05) is 7.11 Å². The number of hydrogen-bond acceptors (Lipinski definition) is 4. The second-order valence-corrected chi connectivity index (χ2v) is 5.02. The highest BCUT2D eigenvalue weighted by Crippen LogP contribution is 2.34. The van der Waals surface area contributed by atoms with Crippen molar-refractivity contribution in [3.05, 3.63) is 45.7 Å². The lowest BCUT2D eigenvalue weighted by Crippen LogP contribution is -2.31. The molecule has 0 spiro atoms. The predicted octanol–water partition coefficient (Wildman–Crippen LogP) is 2.77. The maximum atomic E-state index is 6.23. The van der Waals surface area contributed by atoms with Crippen LogP contribution in [-0.2, 0) is 6.54 Å². The van der Waals surface area contributed by atoms with E-state index in [1.807, 2.05) is 6.92 Å². The Morgan fingerprint density at radius 2 is 2.20 bits per heavy atom. The number of nitrogens with two attached hydrogens (primary N) is 1. The fourth-order valence-corrected chi connectivity index (χ4v) is 2.59. The first-order valence-corrected chi connectivity index (χ1v) is 6.88. The fraction of sp³-hybridized carbons (Fsp3) is 0.308. The van der Waals surface area contributed by atoms with Crippen LogP contribution in [0.4, 0.5) is 0 Å². The van der Waals surface area contributed by atoms with Gasteiger partial charge in [0.1, 0.15) is 5.75 Å². The Bertz CT molecular complexity index is 600. The molecular weight excluding hydrogens is 299 g/mol. The van der Waals surface area contributed by atoms with Gasteiger partial charge in [-0.1, -0.05) is 23.2 Å². The van der Waals surface area contributed by atoms with Crippen molar-refractivity contribution in [3.63, 3.8) is 0 Å². The number of rotatable bonds is 5. The van der Waals surface area contributed by atoms with Gasteiger partial charge in [0, 0.05) is 17.1 Å². The molecule has 0 fully saturated rings. The van der Waals surface area contributed by atoms with Gasteiger partial charge in [-0.25, -0.2) is 5.43 Å². The summed E-state index contributed by atoms with van der Waals surface area (Å²) in [5, 5.41) is 5.36. The molecule has 2 rings (SSSR count). The molecule has 0 amide bonds. The number of hydrogen-bond donors (Lipinski definition) is 2. The molecule has 7 heteroatoms. The Labute approximate surface area is 127 Å². The summed E-state index contributed by atoms with van der Waals surface area (Å²) in [6.07, 6.45) is 1.60. The molecule has 0 bridgehead atoms. The molecule has 0 aliphatic rings.